The van der Waals surface area contributed by atoms with Crippen LogP contribution in [0.1, 0.15) is 62.2 Å². The number of rotatable bonds is 4. The molecule has 0 aliphatic rings. The fourth-order valence-corrected chi connectivity index (χ4v) is 3.34. The van der Waals surface area contributed by atoms with Crippen molar-refractivity contribution >= 4 is 11.3 Å². The largest absolute Gasteiger partial charge is 0.374 e. The summed E-state index contributed by atoms with van der Waals surface area (Å²) in [5.41, 5.74) is 6.95. The maximum absolute atomic E-state index is 5.78. The second-order valence-electron chi connectivity index (χ2n) is 5.70. The van der Waals surface area contributed by atoms with Gasteiger partial charge in [0.15, 0.2) is 0 Å². The molecule has 1 rings (SSSR count). The maximum atomic E-state index is 5.78. The third kappa shape index (κ3) is 3.27. The van der Waals surface area contributed by atoms with E-state index in [-0.39, 0.29) is 11.5 Å². The van der Waals surface area contributed by atoms with E-state index in [1.807, 2.05) is 0 Å². The number of nitrogens with two attached hydrogens (primary N) is 1. The number of hydrogen-bond acceptors (Lipinski definition) is 4. The lowest BCUT2D eigenvalue weighted by atomic mass is 9.89. The fourth-order valence-electron chi connectivity index (χ4n) is 1.92. The topological polar surface area (TPSA) is 48.1 Å². The van der Waals surface area contributed by atoms with Crippen LogP contribution in [0.25, 0.3) is 0 Å². The molecule has 1 heterocycles. The van der Waals surface area contributed by atoms with Crippen molar-refractivity contribution in [3.63, 3.8) is 0 Å². The van der Waals surface area contributed by atoms with E-state index in [1.54, 1.807) is 18.4 Å². The molecule has 0 saturated carbocycles. The van der Waals surface area contributed by atoms with Crippen molar-refractivity contribution in [1.82, 2.24) is 4.98 Å². The van der Waals surface area contributed by atoms with Gasteiger partial charge in [0.25, 0.3) is 0 Å². The van der Waals surface area contributed by atoms with Crippen LogP contribution in [0.5, 0.6) is 0 Å². The summed E-state index contributed by atoms with van der Waals surface area (Å²) in [4.78, 5) is 5.91. The van der Waals surface area contributed by atoms with Crippen molar-refractivity contribution in [2.45, 2.75) is 53.2 Å². The highest BCUT2D eigenvalue weighted by atomic mass is 32.1. The van der Waals surface area contributed by atoms with Crippen LogP contribution < -0.4 is 5.73 Å². The zero-order chi connectivity index (χ0) is 13.2. The van der Waals surface area contributed by atoms with Gasteiger partial charge in [-0.15, -0.1) is 11.3 Å². The molecule has 4 heteroatoms. The Kier molecular flexibility index (Phi) is 4.69. The summed E-state index contributed by atoms with van der Waals surface area (Å²) in [6.07, 6.45) is 0.0327. The predicted octanol–water partition coefficient (Wildman–Crippen LogP) is 3.46. The van der Waals surface area contributed by atoms with E-state index in [9.17, 15) is 0 Å². The summed E-state index contributed by atoms with van der Waals surface area (Å²) in [6, 6.07) is 0. The van der Waals surface area contributed by atoms with Gasteiger partial charge in [0.05, 0.1) is 5.69 Å². The molecule has 98 valence electrons. The minimum Gasteiger partial charge on any atom is -0.374 e. The quantitative estimate of drug-likeness (QED) is 0.897. The van der Waals surface area contributed by atoms with Gasteiger partial charge in [-0.3, -0.25) is 0 Å². The Labute approximate surface area is 108 Å². The average molecular weight is 256 g/mol. The molecule has 0 radical (unpaired) electrons. The first-order valence-electron chi connectivity index (χ1n) is 6.03. The molecule has 0 aromatic carbocycles. The van der Waals surface area contributed by atoms with Crippen LogP contribution >= 0.6 is 11.3 Å². The van der Waals surface area contributed by atoms with E-state index in [0.29, 0.717) is 12.5 Å². The van der Waals surface area contributed by atoms with Crippen LogP contribution in [0, 0.1) is 5.41 Å². The van der Waals surface area contributed by atoms with Crippen molar-refractivity contribution in [2.75, 3.05) is 7.11 Å². The lowest BCUT2D eigenvalue weighted by Gasteiger charge is -2.27. The minimum atomic E-state index is 0.0327. The Balaban J connectivity index is 3.14. The molecule has 1 unspecified atom stereocenters. The predicted molar refractivity (Wildman–Crippen MR) is 73.3 cm³/mol. The molecular weight excluding hydrogens is 232 g/mol. The number of nitrogens with zero attached hydrogens (tertiary/aromatic N) is 1. The van der Waals surface area contributed by atoms with Crippen molar-refractivity contribution in [2.24, 2.45) is 11.1 Å². The van der Waals surface area contributed by atoms with Crippen molar-refractivity contribution in [3.05, 3.63) is 15.6 Å². The van der Waals surface area contributed by atoms with E-state index in [0.717, 1.165) is 10.7 Å². The standard InChI is InChI=1S/C13H24N2OS/c1-8(2)10-9(7-14)17-12(15-10)11(16-6)13(3,4)5/h8,11H,7,14H2,1-6H3. The second kappa shape index (κ2) is 5.46. The van der Waals surface area contributed by atoms with E-state index in [2.05, 4.69) is 34.6 Å². The Morgan fingerprint density at radius 2 is 1.94 bits per heavy atom. The molecule has 0 amide bonds. The van der Waals surface area contributed by atoms with Crippen LogP contribution in [-0.4, -0.2) is 12.1 Å². The first-order chi connectivity index (χ1) is 7.81. The molecule has 3 nitrogen and oxygen atoms in total. The first-order valence-corrected chi connectivity index (χ1v) is 6.85. The summed E-state index contributed by atoms with van der Waals surface area (Å²) < 4.78 is 5.60. The lowest BCUT2D eigenvalue weighted by molar-refractivity contribution is 0.0149. The minimum absolute atomic E-state index is 0.0327. The van der Waals surface area contributed by atoms with Crippen LogP contribution in [0.4, 0.5) is 0 Å². The van der Waals surface area contributed by atoms with Gasteiger partial charge in [-0.05, 0) is 11.3 Å². The normalized spacial score (nSPS) is 14.4. The van der Waals surface area contributed by atoms with E-state index >= 15 is 0 Å². The number of thiazole rings is 1. The van der Waals surface area contributed by atoms with E-state index < -0.39 is 0 Å². The zero-order valence-electron chi connectivity index (χ0n) is 11.7. The van der Waals surface area contributed by atoms with Crippen LogP contribution in [0.15, 0.2) is 0 Å². The molecule has 1 aromatic rings. The SMILES string of the molecule is COC(c1nc(C(C)C)c(CN)s1)C(C)(C)C. The smallest absolute Gasteiger partial charge is 0.123 e. The number of methoxy groups -OCH3 is 1. The molecular formula is C13H24N2OS. The molecule has 17 heavy (non-hydrogen) atoms. The summed E-state index contributed by atoms with van der Waals surface area (Å²) >= 11 is 1.69. The molecule has 0 saturated heterocycles. The molecule has 0 spiro atoms. The molecule has 0 bridgehead atoms. The Bertz CT molecular complexity index is 366. The van der Waals surface area contributed by atoms with Gasteiger partial charge in [-0.1, -0.05) is 34.6 Å². The third-order valence-corrected chi connectivity index (χ3v) is 3.86. The summed E-state index contributed by atoms with van der Waals surface area (Å²) in [7, 11) is 1.74. The van der Waals surface area contributed by atoms with E-state index in [1.165, 1.54) is 4.88 Å². The monoisotopic (exact) mass is 256 g/mol. The van der Waals surface area contributed by atoms with Crippen molar-refractivity contribution in [1.29, 1.82) is 0 Å². The van der Waals surface area contributed by atoms with Crippen molar-refractivity contribution < 1.29 is 4.74 Å². The van der Waals surface area contributed by atoms with Gasteiger partial charge in [-0.2, -0.15) is 0 Å². The Morgan fingerprint density at radius 3 is 2.24 bits per heavy atom. The summed E-state index contributed by atoms with van der Waals surface area (Å²) in [5.74, 6) is 0.413. The van der Waals surface area contributed by atoms with E-state index in [4.69, 9.17) is 15.5 Å². The molecule has 0 fully saturated rings. The van der Waals surface area contributed by atoms with Crippen LogP contribution in [0.3, 0.4) is 0 Å². The number of hydrogen-bond donors (Lipinski definition) is 1. The van der Waals surface area contributed by atoms with Gasteiger partial charge in [-0.25, -0.2) is 4.98 Å². The summed E-state index contributed by atoms with van der Waals surface area (Å²) in [5, 5.41) is 1.05. The van der Waals surface area contributed by atoms with Crippen LogP contribution in [0.2, 0.25) is 0 Å². The van der Waals surface area contributed by atoms with Crippen molar-refractivity contribution in [3.8, 4) is 0 Å². The maximum Gasteiger partial charge on any atom is 0.123 e. The average Bonchev–Trinajstić information content (AvgIpc) is 2.60. The van der Waals surface area contributed by atoms with Gasteiger partial charge in [0.1, 0.15) is 11.1 Å². The number of aromatic nitrogens is 1. The van der Waals surface area contributed by atoms with Gasteiger partial charge in [0, 0.05) is 18.5 Å². The first kappa shape index (κ1) is 14.6. The second-order valence-corrected chi connectivity index (χ2v) is 6.82. The molecule has 1 atom stereocenters. The van der Waals surface area contributed by atoms with Crippen LogP contribution in [-0.2, 0) is 11.3 Å². The highest BCUT2D eigenvalue weighted by Gasteiger charge is 2.30. The zero-order valence-corrected chi connectivity index (χ0v) is 12.5. The third-order valence-electron chi connectivity index (χ3n) is 2.72. The molecule has 1 aromatic heterocycles. The number of ether oxygens (including phenoxy) is 1. The van der Waals surface area contributed by atoms with Gasteiger partial charge < -0.3 is 10.5 Å². The highest BCUT2D eigenvalue weighted by Crippen LogP contribution is 2.39. The molecule has 0 aliphatic heterocycles. The lowest BCUT2D eigenvalue weighted by Crippen LogP contribution is -2.20. The highest BCUT2D eigenvalue weighted by molar-refractivity contribution is 7.11. The Hall–Kier alpha value is -0.450. The molecule has 0 aliphatic carbocycles. The van der Waals surface area contributed by atoms with Gasteiger partial charge in [0.2, 0.25) is 0 Å². The Morgan fingerprint density at radius 1 is 1.35 bits per heavy atom. The fraction of sp³-hybridized carbons (Fsp3) is 0.769. The van der Waals surface area contributed by atoms with Gasteiger partial charge >= 0.3 is 0 Å². The summed E-state index contributed by atoms with van der Waals surface area (Å²) in [6.45, 7) is 11.4. The molecule has 2 N–H and O–H groups in total.